The van der Waals surface area contributed by atoms with E-state index >= 15 is 0 Å². The van der Waals surface area contributed by atoms with Crippen molar-refractivity contribution in [3.8, 4) is 5.75 Å². The number of hydrogen-bond donors (Lipinski definition) is 7. The highest BCUT2D eigenvalue weighted by molar-refractivity contribution is 6.22. The zero-order valence-electron chi connectivity index (χ0n) is 19.1. The Labute approximate surface area is 200 Å². The van der Waals surface area contributed by atoms with Crippen molar-refractivity contribution in [3.63, 3.8) is 0 Å². The van der Waals surface area contributed by atoms with E-state index in [0.717, 1.165) is 6.42 Å². The van der Waals surface area contributed by atoms with E-state index in [1.165, 1.54) is 6.07 Å². The summed E-state index contributed by atoms with van der Waals surface area (Å²) in [5, 5.41) is 49.2. The van der Waals surface area contributed by atoms with Gasteiger partial charge in [-0.1, -0.05) is 13.0 Å². The predicted molar refractivity (Wildman–Crippen MR) is 123 cm³/mol. The Bertz CT molecular complexity index is 1220. The molecule has 186 valence electrons. The molecule has 0 aliphatic heterocycles. The fourth-order valence-corrected chi connectivity index (χ4v) is 5.27. The summed E-state index contributed by atoms with van der Waals surface area (Å²) in [5.41, 5.74) is 1.96. The standard InChI is InChI=1S/C24H27N3O8/c1-2-5-26-9-15(29)27-13-4-3-10-6-11-7-12-8-14(28)18(23(25)34)22(33)24(12,35)21(32)17(11)20(31)16(10)19(13)30/h3-4,11-12,26,30-31,33,35H,2,5-9H2,1H3,(H2,25,34)(H,27,29). The fraction of sp³-hybridized carbons (Fsp3) is 0.417. The first kappa shape index (κ1) is 24.4. The number of phenols is 1. The van der Waals surface area contributed by atoms with E-state index in [1.54, 1.807) is 6.07 Å². The van der Waals surface area contributed by atoms with Crippen LogP contribution in [0.1, 0.15) is 37.3 Å². The van der Waals surface area contributed by atoms with Crippen LogP contribution in [0.4, 0.5) is 5.69 Å². The normalized spacial score (nSPS) is 25.7. The number of nitrogens with two attached hydrogens (primary N) is 1. The molecule has 0 saturated heterocycles. The molecule has 0 spiro atoms. The fourth-order valence-electron chi connectivity index (χ4n) is 5.27. The van der Waals surface area contributed by atoms with Gasteiger partial charge in [0.25, 0.3) is 5.91 Å². The highest BCUT2D eigenvalue weighted by atomic mass is 16.3. The average molecular weight is 485 g/mol. The van der Waals surface area contributed by atoms with Gasteiger partial charge < -0.3 is 36.8 Å². The Hall–Kier alpha value is -3.70. The van der Waals surface area contributed by atoms with Crippen molar-refractivity contribution in [2.75, 3.05) is 18.4 Å². The number of phenolic OH excluding ortho intramolecular Hbond substituents is 1. The van der Waals surface area contributed by atoms with Gasteiger partial charge in [0.2, 0.25) is 11.7 Å². The van der Waals surface area contributed by atoms with Gasteiger partial charge in [0, 0.05) is 17.9 Å². The second-order valence-electron chi connectivity index (χ2n) is 9.13. The van der Waals surface area contributed by atoms with Crippen LogP contribution in [0.25, 0.3) is 5.76 Å². The molecule has 1 aromatic rings. The number of carbonyl (C=O) groups excluding carboxylic acids is 4. The number of hydrogen-bond acceptors (Lipinski definition) is 9. The summed E-state index contributed by atoms with van der Waals surface area (Å²) in [6.07, 6.45) is 0.727. The van der Waals surface area contributed by atoms with Gasteiger partial charge >= 0.3 is 0 Å². The molecule has 3 aliphatic carbocycles. The average Bonchev–Trinajstić information content (AvgIpc) is 2.78. The molecule has 1 aromatic carbocycles. The third kappa shape index (κ3) is 3.76. The molecule has 0 heterocycles. The maximum Gasteiger partial charge on any atom is 0.255 e. The molecule has 3 atom stereocenters. The summed E-state index contributed by atoms with van der Waals surface area (Å²) in [5.74, 6) is -7.31. The number of anilines is 1. The van der Waals surface area contributed by atoms with Gasteiger partial charge in [-0.2, -0.15) is 0 Å². The summed E-state index contributed by atoms with van der Waals surface area (Å²) < 4.78 is 0. The monoisotopic (exact) mass is 485 g/mol. The first-order valence-corrected chi connectivity index (χ1v) is 11.3. The second-order valence-corrected chi connectivity index (χ2v) is 9.13. The molecule has 0 radical (unpaired) electrons. The summed E-state index contributed by atoms with van der Waals surface area (Å²) in [4.78, 5) is 49.7. The lowest BCUT2D eigenvalue weighted by molar-refractivity contribution is -0.147. The van der Waals surface area contributed by atoms with Crippen molar-refractivity contribution in [1.82, 2.24) is 5.32 Å². The van der Waals surface area contributed by atoms with E-state index in [4.69, 9.17) is 5.73 Å². The number of carbonyl (C=O) groups is 4. The van der Waals surface area contributed by atoms with E-state index < -0.39 is 63.7 Å². The van der Waals surface area contributed by atoms with Gasteiger partial charge in [0.05, 0.1) is 17.8 Å². The van der Waals surface area contributed by atoms with Gasteiger partial charge in [-0.25, -0.2) is 0 Å². The van der Waals surface area contributed by atoms with Crippen molar-refractivity contribution in [3.05, 3.63) is 40.2 Å². The molecule has 1 saturated carbocycles. The van der Waals surface area contributed by atoms with Crippen LogP contribution in [0.15, 0.2) is 29.0 Å². The molecule has 1 fully saturated rings. The molecular weight excluding hydrogens is 458 g/mol. The smallest absolute Gasteiger partial charge is 0.255 e. The number of fused-ring (bicyclic) bond motifs is 3. The molecule has 8 N–H and O–H groups in total. The number of aliphatic hydroxyl groups is 3. The first-order chi connectivity index (χ1) is 16.5. The highest BCUT2D eigenvalue weighted by Crippen LogP contribution is 2.52. The number of Topliss-reactive ketones (excluding diaryl/α,β-unsaturated/α-hetero) is 2. The van der Waals surface area contributed by atoms with E-state index in [2.05, 4.69) is 10.6 Å². The Kier molecular flexibility index (Phi) is 6.16. The molecular formula is C24H27N3O8. The van der Waals surface area contributed by atoms with Gasteiger partial charge in [-0.15, -0.1) is 0 Å². The van der Waals surface area contributed by atoms with Crippen LogP contribution in [0.5, 0.6) is 5.75 Å². The lowest BCUT2D eigenvalue weighted by Gasteiger charge is -2.46. The third-order valence-corrected chi connectivity index (χ3v) is 6.92. The minimum atomic E-state index is -2.61. The van der Waals surface area contributed by atoms with Crippen LogP contribution < -0.4 is 16.4 Å². The van der Waals surface area contributed by atoms with Crippen LogP contribution in [0, 0.1) is 11.8 Å². The lowest BCUT2D eigenvalue weighted by Crippen LogP contribution is -2.58. The van der Waals surface area contributed by atoms with Gasteiger partial charge in [0.1, 0.15) is 22.8 Å². The number of nitrogens with one attached hydrogen (secondary N) is 2. The maximum atomic E-state index is 13.5. The van der Waals surface area contributed by atoms with Gasteiger partial charge in [-0.05, 0) is 43.4 Å². The minimum Gasteiger partial charge on any atom is -0.508 e. The zero-order valence-corrected chi connectivity index (χ0v) is 19.1. The van der Waals surface area contributed by atoms with Crippen molar-refractivity contribution in [1.29, 1.82) is 0 Å². The van der Waals surface area contributed by atoms with Crippen molar-refractivity contribution in [2.45, 2.75) is 38.2 Å². The summed E-state index contributed by atoms with van der Waals surface area (Å²) in [6.45, 7) is 2.59. The number of aromatic hydroxyl groups is 1. The molecule has 4 rings (SSSR count). The SMILES string of the molecule is CCCNCC(=O)Nc1ccc2c(c1O)C(O)=C1C(=O)C3(O)C(O)=C(C(N)=O)C(=O)CC3CC1C2. The van der Waals surface area contributed by atoms with E-state index in [0.29, 0.717) is 12.1 Å². The quantitative estimate of drug-likeness (QED) is 0.169. The topological polar surface area (TPSA) is 199 Å². The maximum absolute atomic E-state index is 13.5. The Morgan fingerprint density at radius 3 is 2.54 bits per heavy atom. The second kappa shape index (κ2) is 8.82. The summed E-state index contributed by atoms with van der Waals surface area (Å²) in [6, 6.07) is 3.10. The molecule has 11 heteroatoms. The third-order valence-electron chi connectivity index (χ3n) is 6.92. The molecule has 3 unspecified atom stereocenters. The van der Waals surface area contributed by atoms with Crippen molar-refractivity contribution in [2.24, 2.45) is 17.6 Å². The van der Waals surface area contributed by atoms with Crippen LogP contribution in [0.3, 0.4) is 0 Å². The van der Waals surface area contributed by atoms with Crippen LogP contribution in [0.2, 0.25) is 0 Å². The zero-order chi connectivity index (χ0) is 25.7. The first-order valence-electron chi connectivity index (χ1n) is 11.3. The Morgan fingerprint density at radius 1 is 1.17 bits per heavy atom. The Balaban J connectivity index is 1.75. The van der Waals surface area contributed by atoms with Crippen LogP contribution in [-0.2, 0) is 25.6 Å². The van der Waals surface area contributed by atoms with E-state index in [1.807, 2.05) is 6.92 Å². The number of amides is 2. The van der Waals surface area contributed by atoms with Crippen molar-refractivity contribution >= 4 is 34.8 Å². The minimum absolute atomic E-state index is 0.0128. The number of ketones is 2. The summed E-state index contributed by atoms with van der Waals surface area (Å²) >= 11 is 0. The van der Waals surface area contributed by atoms with Gasteiger partial charge in [-0.3, -0.25) is 19.2 Å². The Morgan fingerprint density at radius 2 is 1.89 bits per heavy atom. The van der Waals surface area contributed by atoms with E-state index in [-0.39, 0.29) is 42.6 Å². The largest absolute Gasteiger partial charge is 0.508 e. The number of benzene rings is 1. The molecule has 0 aromatic heterocycles. The molecule has 2 amide bonds. The number of aliphatic hydroxyl groups excluding tert-OH is 2. The molecule has 35 heavy (non-hydrogen) atoms. The number of rotatable bonds is 6. The molecule has 0 bridgehead atoms. The predicted octanol–water partition coefficient (Wildman–Crippen LogP) is 0.362. The lowest BCUT2D eigenvalue weighted by atomic mass is 9.59. The number of primary amides is 1. The van der Waals surface area contributed by atoms with Crippen LogP contribution >= 0.6 is 0 Å². The molecule has 11 nitrogen and oxygen atoms in total. The van der Waals surface area contributed by atoms with Gasteiger partial charge in [0.15, 0.2) is 11.4 Å². The highest BCUT2D eigenvalue weighted by Gasteiger charge is 2.60. The van der Waals surface area contributed by atoms with E-state index in [9.17, 15) is 39.6 Å². The summed E-state index contributed by atoms with van der Waals surface area (Å²) in [7, 11) is 0. The van der Waals surface area contributed by atoms with Crippen LogP contribution in [-0.4, -0.2) is 62.5 Å². The molecule has 3 aliphatic rings. The van der Waals surface area contributed by atoms with Crippen molar-refractivity contribution < 1.29 is 39.6 Å².